The molecule has 0 radical (unpaired) electrons. The van der Waals surface area contributed by atoms with Crippen molar-refractivity contribution in [1.82, 2.24) is 19.8 Å². The van der Waals surface area contributed by atoms with Crippen LogP contribution < -0.4 is 5.32 Å². The molecule has 2 saturated heterocycles. The molecule has 0 saturated carbocycles. The van der Waals surface area contributed by atoms with Gasteiger partial charge in [0.1, 0.15) is 0 Å². The fourth-order valence-corrected chi connectivity index (χ4v) is 5.52. The number of nitrogens with one attached hydrogen (secondary N) is 1. The number of hydrogen-bond donors (Lipinski definition) is 1. The van der Waals surface area contributed by atoms with E-state index in [1.807, 2.05) is 12.3 Å². The largest absolute Gasteiger partial charge is 0.381 e. The van der Waals surface area contributed by atoms with Gasteiger partial charge >= 0.3 is 0 Å². The van der Waals surface area contributed by atoms with Crippen LogP contribution >= 0.6 is 0 Å². The van der Waals surface area contributed by atoms with Crippen molar-refractivity contribution in [3.8, 4) is 0 Å². The first-order valence-corrected chi connectivity index (χ1v) is 12.3. The van der Waals surface area contributed by atoms with Crippen molar-refractivity contribution in [2.75, 3.05) is 45.2 Å². The molecule has 1 aromatic heterocycles. The Morgan fingerprint density at radius 3 is 2.88 bits per heavy atom. The molecule has 7 nitrogen and oxygen atoms in total. The number of carbonyl (C=O) groups excluding carboxylic acids is 1. The second-order valence-electron chi connectivity index (χ2n) is 9.97. The number of benzene rings is 1. The van der Waals surface area contributed by atoms with E-state index in [2.05, 4.69) is 58.3 Å². The van der Waals surface area contributed by atoms with Gasteiger partial charge in [-0.3, -0.25) is 4.79 Å². The molecule has 0 aliphatic carbocycles. The lowest BCUT2D eigenvalue weighted by molar-refractivity contribution is -0.141. The van der Waals surface area contributed by atoms with Gasteiger partial charge in [0.2, 0.25) is 11.9 Å². The van der Waals surface area contributed by atoms with Gasteiger partial charge in [0.05, 0.1) is 18.8 Å². The van der Waals surface area contributed by atoms with Gasteiger partial charge in [-0.05, 0) is 50.9 Å². The summed E-state index contributed by atoms with van der Waals surface area (Å²) in [6.07, 6.45) is 4.72. The number of hydrogen-bond acceptors (Lipinski definition) is 6. The van der Waals surface area contributed by atoms with E-state index in [-0.39, 0.29) is 23.8 Å². The predicted molar refractivity (Wildman–Crippen MR) is 128 cm³/mol. The Kier molecular flexibility index (Phi) is 6.60. The zero-order valence-electron chi connectivity index (χ0n) is 19.7. The number of nitrogens with zero attached hydrogens (tertiary/aromatic N) is 4. The van der Waals surface area contributed by atoms with Gasteiger partial charge in [-0.1, -0.05) is 30.3 Å². The maximum Gasteiger partial charge on any atom is 0.227 e. The van der Waals surface area contributed by atoms with Gasteiger partial charge in [0, 0.05) is 49.7 Å². The molecule has 4 atom stereocenters. The summed E-state index contributed by atoms with van der Waals surface area (Å²) in [5.74, 6) is 1.68. The SMILES string of the molecule is C[C@@H]1Cc2cnc(NC[C@H]3CCOC3)nc2CN1C(=O)[C@H]1CCN(C)C[C@@H]1c1ccccc1. The van der Waals surface area contributed by atoms with Gasteiger partial charge in [0.15, 0.2) is 0 Å². The van der Waals surface area contributed by atoms with Crippen LogP contribution in [0.25, 0.3) is 0 Å². The highest BCUT2D eigenvalue weighted by atomic mass is 16.5. The standard InChI is InChI=1S/C26H35N5O2/c1-18-12-21-14-28-26(27-13-19-9-11-33-17-19)29-24(21)16-31(18)25(32)22-8-10-30(2)15-23(22)20-6-4-3-5-7-20/h3-7,14,18-19,22-23H,8-13,15-17H2,1-2H3,(H,27,28,29)/t18-,19-,22+,23-/m1/s1. The molecule has 33 heavy (non-hydrogen) atoms. The lowest BCUT2D eigenvalue weighted by Gasteiger charge is -2.42. The summed E-state index contributed by atoms with van der Waals surface area (Å²) in [4.78, 5) is 27.6. The number of fused-ring (bicyclic) bond motifs is 1. The van der Waals surface area contributed by atoms with Crippen molar-refractivity contribution < 1.29 is 9.53 Å². The van der Waals surface area contributed by atoms with Gasteiger partial charge in [-0.25, -0.2) is 9.97 Å². The number of ether oxygens (including phenoxy) is 1. The first kappa shape index (κ1) is 22.3. The first-order valence-electron chi connectivity index (χ1n) is 12.3. The van der Waals surface area contributed by atoms with Crippen LogP contribution in [-0.2, 0) is 22.5 Å². The summed E-state index contributed by atoms with van der Waals surface area (Å²) in [6, 6.07) is 10.7. The maximum absolute atomic E-state index is 13.9. The van der Waals surface area contributed by atoms with Crippen LogP contribution in [0.4, 0.5) is 5.95 Å². The van der Waals surface area contributed by atoms with Crippen molar-refractivity contribution in [2.45, 2.75) is 44.7 Å². The van der Waals surface area contributed by atoms with Gasteiger partial charge < -0.3 is 19.9 Å². The van der Waals surface area contributed by atoms with Gasteiger partial charge in [-0.2, -0.15) is 0 Å². The number of likely N-dealkylation sites (N-methyl/N-ethyl adjacent to an activating group) is 1. The van der Waals surface area contributed by atoms with E-state index in [4.69, 9.17) is 9.72 Å². The summed E-state index contributed by atoms with van der Waals surface area (Å²) in [5.41, 5.74) is 3.40. The molecule has 1 N–H and O–H groups in total. The normalized spacial score (nSPS) is 27.9. The molecule has 176 valence electrons. The molecule has 4 heterocycles. The molecule has 0 spiro atoms. The molecule has 3 aliphatic rings. The smallest absolute Gasteiger partial charge is 0.227 e. The minimum atomic E-state index is 0.00870. The monoisotopic (exact) mass is 449 g/mol. The number of anilines is 1. The average molecular weight is 450 g/mol. The molecule has 5 rings (SSSR count). The molecule has 0 bridgehead atoms. The fraction of sp³-hybridized carbons (Fsp3) is 0.577. The predicted octanol–water partition coefficient (Wildman–Crippen LogP) is 2.93. The molecule has 0 unspecified atom stereocenters. The topological polar surface area (TPSA) is 70.6 Å². The highest BCUT2D eigenvalue weighted by Gasteiger charge is 2.39. The molecule has 1 amide bonds. The van der Waals surface area contributed by atoms with E-state index in [1.54, 1.807) is 0 Å². The van der Waals surface area contributed by atoms with E-state index >= 15 is 0 Å². The third-order valence-electron chi connectivity index (χ3n) is 7.54. The molecule has 2 aromatic rings. The van der Waals surface area contributed by atoms with Crippen molar-refractivity contribution >= 4 is 11.9 Å². The molecule has 3 aliphatic heterocycles. The highest BCUT2D eigenvalue weighted by molar-refractivity contribution is 5.80. The molecule has 1 aromatic carbocycles. The van der Waals surface area contributed by atoms with Crippen LogP contribution in [0.1, 0.15) is 42.5 Å². The van der Waals surface area contributed by atoms with Crippen LogP contribution in [0.2, 0.25) is 0 Å². The Labute approximate surface area is 196 Å². The minimum absolute atomic E-state index is 0.00870. The zero-order chi connectivity index (χ0) is 22.8. The number of carbonyl (C=O) groups is 1. The first-order chi connectivity index (χ1) is 16.1. The van der Waals surface area contributed by atoms with Crippen LogP contribution in [-0.4, -0.2) is 71.6 Å². The van der Waals surface area contributed by atoms with E-state index in [0.717, 1.165) is 63.4 Å². The van der Waals surface area contributed by atoms with E-state index < -0.39 is 0 Å². The van der Waals surface area contributed by atoms with Crippen LogP contribution in [0.5, 0.6) is 0 Å². The van der Waals surface area contributed by atoms with Gasteiger partial charge in [0.25, 0.3) is 0 Å². The second kappa shape index (κ2) is 9.77. The molecular weight excluding hydrogens is 414 g/mol. The number of amides is 1. The Hall–Kier alpha value is -2.51. The van der Waals surface area contributed by atoms with Crippen LogP contribution in [0.3, 0.4) is 0 Å². The number of piperidine rings is 1. The Balaban J connectivity index is 1.32. The summed E-state index contributed by atoms with van der Waals surface area (Å²) in [7, 11) is 2.15. The quantitative estimate of drug-likeness (QED) is 0.757. The fourth-order valence-electron chi connectivity index (χ4n) is 5.52. The van der Waals surface area contributed by atoms with Crippen molar-refractivity contribution in [3.63, 3.8) is 0 Å². The highest BCUT2D eigenvalue weighted by Crippen LogP contribution is 2.35. The lowest BCUT2D eigenvalue weighted by Crippen LogP contribution is -2.50. The number of aromatic nitrogens is 2. The average Bonchev–Trinajstić information content (AvgIpc) is 3.36. The summed E-state index contributed by atoms with van der Waals surface area (Å²) in [5, 5.41) is 3.38. The van der Waals surface area contributed by atoms with Crippen LogP contribution in [0.15, 0.2) is 36.5 Å². The minimum Gasteiger partial charge on any atom is -0.381 e. The maximum atomic E-state index is 13.9. The lowest BCUT2D eigenvalue weighted by atomic mass is 9.79. The van der Waals surface area contributed by atoms with Crippen LogP contribution in [0, 0.1) is 11.8 Å². The Bertz CT molecular complexity index is 962. The molecular formula is C26H35N5O2. The van der Waals surface area contributed by atoms with E-state index in [0.29, 0.717) is 18.4 Å². The number of likely N-dealkylation sites (tertiary alicyclic amines) is 1. The summed E-state index contributed by atoms with van der Waals surface area (Å²) >= 11 is 0. The molecule has 7 heteroatoms. The molecule has 2 fully saturated rings. The zero-order valence-corrected chi connectivity index (χ0v) is 19.7. The van der Waals surface area contributed by atoms with Gasteiger partial charge in [-0.15, -0.1) is 0 Å². The van der Waals surface area contributed by atoms with E-state index in [1.165, 1.54) is 5.56 Å². The van der Waals surface area contributed by atoms with Crippen molar-refractivity contribution in [2.24, 2.45) is 11.8 Å². The number of rotatable bonds is 5. The van der Waals surface area contributed by atoms with Crippen molar-refractivity contribution in [3.05, 3.63) is 53.3 Å². The Morgan fingerprint density at radius 2 is 2.09 bits per heavy atom. The van der Waals surface area contributed by atoms with Crippen molar-refractivity contribution in [1.29, 1.82) is 0 Å². The van der Waals surface area contributed by atoms with E-state index in [9.17, 15) is 4.79 Å². The third kappa shape index (κ3) is 4.89. The third-order valence-corrected chi connectivity index (χ3v) is 7.54. The summed E-state index contributed by atoms with van der Waals surface area (Å²) in [6.45, 7) is 7.06. The second-order valence-corrected chi connectivity index (χ2v) is 9.97. The Morgan fingerprint density at radius 1 is 1.24 bits per heavy atom. The summed E-state index contributed by atoms with van der Waals surface area (Å²) < 4.78 is 5.47.